The Labute approximate surface area is 92.6 Å². The van der Waals surface area contributed by atoms with Crippen molar-refractivity contribution in [3.8, 4) is 17.6 Å². The monoisotopic (exact) mass is 286 g/mol. The molecule has 1 aromatic carbocycles. The van der Waals surface area contributed by atoms with Crippen molar-refractivity contribution in [2.45, 2.75) is 13.8 Å². The van der Waals surface area contributed by atoms with E-state index in [1.165, 1.54) is 5.56 Å². The lowest BCUT2D eigenvalue weighted by Crippen LogP contribution is -1.95. The van der Waals surface area contributed by atoms with Crippen LogP contribution in [0.3, 0.4) is 0 Å². The second-order valence-electron chi connectivity index (χ2n) is 2.65. The number of hydrogen-bond acceptors (Lipinski definition) is 1. The summed E-state index contributed by atoms with van der Waals surface area (Å²) in [6, 6.07) is 6.11. The molecule has 0 unspecified atom stereocenters. The van der Waals surface area contributed by atoms with Gasteiger partial charge in [-0.15, -0.1) is 5.92 Å². The fourth-order valence-corrected chi connectivity index (χ4v) is 1.74. The Balaban J connectivity index is 2.70. The molecule has 0 spiro atoms. The van der Waals surface area contributed by atoms with E-state index in [4.69, 9.17) is 4.74 Å². The molecule has 13 heavy (non-hydrogen) atoms. The minimum Gasteiger partial charge on any atom is -0.480 e. The van der Waals surface area contributed by atoms with E-state index in [0.717, 1.165) is 9.32 Å². The molecule has 0 aliphatic heterocycles. The molecule has 0 atom stereocenters. The van der Waals surface area contributed by atoms with Crippen LogP contribution in [0.1, 0.15) is 12.5 Å². The number of ether oxygens (including phenoxy) is 1. The van der Waals surface area contributed by atoms with Gasteiger partial charge in [-0.1, -0.05) is 12.0 Å². The number of hydrogen-bond donors (Lipinski definition) is 0. The summed E-state index contributed by atoms with van der Waals surface area (Å²) in [6.07, 6.45) is 0. The van der Waals surface area contributed by atoms with Gasteiger partial charge in [0.25, 0.3) is 0 Å². The van der Waals surface area contributed by atoms with Crippen molar-refractivity contribution in [1.82, 2.24) is 0 Å². The summed E-state index contributed by atoms with van der Waals surface area (Å²) in [5, 5.41) is 0. The van der Waals surface area contributed by atoms with Gasteiger partial charge in [-0.05, 0) is 54.1 Å². The normalized spacial score (nSPS) is 8.85. The molecule has 0 aromatic heterocycles. The average Bonchev–Trinajstić information content (AvgIpc) is 2.09. The molecule has 1 aromatic rings. The van der Waals surface area contributed by atoms with Crippen molar-refractivity contribution in [2.75, 3.05) is 6.61 Å². The molecular weight excluding hydrogens is 275 g/mol. The average molecular weight is 286 g/mol. The zero-order valence-corrected chi connectivity index (χ0v) is 9.88. The van der Waals surface area contributed by atoms with E-state index < -0.39 is 0 Å². The minimum absolute atomic E-state index is 0.468. The Morgan fingerprint density at radius 2 is 2.23 bits per heavy atom. The van der Waals surface area contributed by atoms with Crippen molar-refractivity contribution in [2.24, 2.45) is 0 Å². The fraction of sp³-hybridized carbons (Fsp3) is 0.273. The van der Waals surface area contributed by atoms with Crippen LogP contribution in [0, 0.1) is 22.3 Å². The quantitative estimate of drug-likeness (QED) is 0.600. The van der Waals surface area contributed by atoms with Gasteiger partial charge in [-0.25, -0.2) is 0 Å². The van der Waals surface area contributed by atoms with Gasteiger partial charge in [-0.2, -0.15) is 0 Å². The van der Waals surface area contributed by atoms with Gasteiger partial charge in [0.05, 0.1) is 3.57 Å². The Morgan fingerprint density at radius 3 is 2.85 bits per heavy atom. The molecular formula is C11H11IO. The van der Waals surface area contributed by atoms with Crippen molar-refractivity contribution >= 4 is 22.6 Å². The van der Waals surface area contributed by atoms with Crippen LogP contribution in [0.5, 0.6) is 5.75 Å². The number of rotatable bonds is 2. The van der Waals surface area contributed by atoms with Crippen LogP contribution in [0.2, 0.25) is 0 Å². The molecule has 68 valence electrons. The van der Waals surface area contributed by atoms with E-state index in [0.29, 0.717) is 6.61 Å². The van der Waals surface area contributed by atoms with E-state index >= 15 is 0 Å². The second-order valence-corrected chi connectivity index (χ2v) is 3.81. The zero-order valence-electron chi connectivity index (χ0n) is 7.73. The SMILES string of the molecule is CC#CCOc1ccc(C)cc1I. The van der Waals surface area contributed by atoms with Crippen molar-refractivity contribution < 1.29 is 4.74 Å². The van der Waals surface area contributed by atoms with Crippen LogP contribution < -0.4 is 4.74 Å². The molecule has 0 saturated heterocycles. The van der Waals surface area contributed by atoms with Crippen LogP contribution in [-0.2, 0) is 0 Å². The first-order valence-corrected chi connectivity index (χ1v) is 5.10. The van der Waals surface area contributed by atoms with Crippen molar-refractivity contribution in [3.63, 3.8) is 0 Å². The van der Waals surface area contributed by atoms with Crippen LogP contribution in [-0.4, -0.2) is 6.61 Å². The summed E-state index contributed by atoms with van der Waals surface area (Å²) in [5.74, 6) is 6.57. The predicted octanol–water partition coefficient (Wildman–Crippen LogP) is 3.00. The highest BCUT2D eigenvalue weighted by Crippen LogP contribution is 2.21. The Kier molecular flexibility index (Phi) is 4.10. The van der Waals surface area contributed by atoms with E-state index in [1.54, 1.807) is 0 Å². The van der Waals surface area contributed by atoms with Crippen LogP contribution in [0.15, 0.2) is 18.2 Å². The Hall–Kier alpha value is -0.690. The van der Waals surface area contributed by atoms with Crippen LogP contribution in [0.25, 0.3) is 0 Å². The maximum Gasteiger partial charge on any atom is 0.149 e. The van der Waals surface area contributed by atoms with Crippen molar-refractivity contribution in [3.05, 3.63) is 27.3 Å². The summed E-state index contributed by atoms with van der Waals surface area (Å²) in [7, 11) is 0. The molecule has 2 heteroatoms. The topological polar surface area (TPSA) is 9.23 Å². The van der Waals surface area contributed by atoms with Crippen molar-refractivity contribution in [1.29, 1.82) is 0 Å². The molecule has 0 heterocycles. The molecule has 0 fully saturated rings. The summed E-state index contributed by atoms with van der Waals surface area (Å²) in [4.78, 5) is 0. The Morgan fingerprint density at radius 1 is 1.46 bits per heavy atom. The number of benzene rings is 1. The smallest absolute Gasteiger partial charge is 0.149 e. The first-order chi connectivity index (χ1) is 6.24. The lowest BCUT2D eigenvalue weighted by atomic mass is 10.2. The van der Waals surface area contributed by atoms with Gasteiger partial charge in [0, 0.05) is 0 Å². The molecule has 0 radical (unpaired) electrons. The van der Waals surface area contributed by atoms with E-state index in [9.17, 15) is 0 Å². The molecule has 0 bridgehead atoms. The number of aryl methyl sites for hydroxylation is 1. The zero-order chi connectivity index (χ0) is 9.68. The van der Waals surface area contributed by atoms with Gasteiger partial charge < -0.3 is 4.74 Å². The molecule has 1 nitrogen and oxygen atoms in total. The van der Waals surface area contributed by atoms with E-state index in [1.807, 2.05) is 19.1 Å². The lowest BCUT2D eigenvalue weighted by molar-refractivity contribution is 0.367. The minimum atomic E-state index is 0.468. The number of halogens is 1. The third kappa shape index (κ3) is 3.27. The first kappa shape index (κ1) is 10.4. The second kappa shape index (κ2) is 5.13. The highest BCUT2D eigenvalue weighted by Gasteiger charge is 1.98. The molecule has 0 aliphatic rings. The molecule has 0 aliphatic carbocycles. The van der Waals surface area contributed by atoms with Gasteiger partial charge >= 0.3 is 0 Å². The summed E-state index contributed by atoms with van der Waals surface area (Å²) < 4.78 is 6.59. The van der Waals surface area contributed by atoms with Gasteiger partial charge in [0.1, 0.15) is 12.4 Å². The third-order valence-electron chi connectivity index (χ3n) is 1.56. The first-order valence-electron chi connectivity index (χ1n) is 4.02. The fourth-order valence-electron chi connectivity index (χ4n) is 0.909. The lowest BCUT2D eigenvalue weighted by Gasteiger charge is -2.04. The Bertz CT molecular complexity index is 347. The molecule has 0 N–H and O–H groups in total. The van der Waals surface area contributed by atoms with Crippen LogP contribution in [0.4, 0.5) is 0 Å². The molecule has 0 saturated carbocycles. The maximum absolute atomic E-state index is 5.45. The molecule has 1 rings (SSSR count). The standard InChI is InChI=1S/C11H11IO/c1-3-4-7-13-11-6-5-9(2)8-10(11)12/h5-6,8H,7H2,1-2H3. The van der Waals surface area contributed by atoms with Gasteiger partial charge in [-0.3, -0.25) is 0 Å². The summed E-state index contributed by atoms with van der Waals surface area (Å²) in [5.41, 5.74) is 1.25. The third-order valence-corrected chi connectivity index (χ3v) is 2.41. The van der Waals surface area contributed by atoms with Gasteiger partial charge in [0.2, 0.25) is 0 Å². The van der Waals surface area contributed by atoms with E-state index in [2.05, 4.69) is 47.4 Å². The summed E-state index contributed by atoms with van der Waals surface area (Å²) in [6.45, 7) is 4.34. The van der Waals surface area contributed by atoms with E-state index in [-0.39, 0.29) is 0 Å². The predicted molar refractivity (Wildman–Crippen MR) is 62.8 cm³/mol. The van der Waals surface area contributed by atoms with Gasteiger partial charge in [0.15, 0.2) is 0 Å². The largest absolute Gasteiger partial charge is 0.480 e. The highest BCUT2D eigenvalue weighted by atomic mass is 127. The maximum atomic E-state index is 5.45. The summed E-state index contributed by atoms with van der Waals surface area (Å²) >= 11 is 2.26. The molecule has 0 amide bonds. The van der Waals surface area contributed by atoms with Crippen LogP contribution >= 0.6 is 22.6 Å². The highest BCUT2D eigenvalue weighted by molar-refractivity contribution is 14.1.